The van der Waals surface area contributed by atoms with E-state index in [0.29, 0.717) is 30.8 Å². The highest BCUT2D eigenvalue weighted by Gasteiger charge is 2.34. The number of carboxylic acid groups (broad SMARTS) is 1. The van der Waals surface area contributed by atoms with Crippen LogP contribution in [0.2, 0.25) is 0 Å². The van der Waals surface area contributed by atoms with E-state index in [2.05, 4.69) is 0 Å². The van der Waals surface area contributed by atoms with Gasteiger partial charge < -0.3 is 19.5 Å². The molecule has 0 spiro atoms. The van der Waals surface area contributed by atoms with E-state index in [-0.39, 0.29) is 17.1 Å². The van der Waals surface area contributed by atoms with Crippen LogP contribution in [0.3, 0.4) is 0 Å². The van der Waals surface area contributed by atoms with Gasteiger partial charge in [-0.2, -0.15) is 0 Å². The molecule has 8 heteroatoms. The fraction of sp³-hybridized carbons (Fsp3) is 0.333. The molecule has 0 aliphatic carbocycles. The Morgan fingerprint density at radius 3 is 2.34 bits per heavy atom. The number of carbonyl (C=O) groups excluding carboxylic acids is 1. The van der Waals surface area contributed by atoms with E-state index in [1.807, 2.05) is 13.8 Å². The van der Waals surface area contributed by atoms with Crippen molar-refractivity contribution >= 4 is 11.9 Å². The van der Waals surface area contributed by atoms with Crippen LogP contribution in [0.25, 0.3) is 0 Å². The first-order valence-electron chi connectivity index (χ1n) is 9.20. The molecule has 0 atom stereocenters. The van der Waals surface area contributed by atoms with E-state index in [0.717, 1.165) is 18.6 Å². The van der Waals surface area contributed by atoms with Gasteiger partial charge in [-0.3, -0.25) is 4.79 Å². The molecule has 152 valence electrons. The SMILES string of the molecule is CC1(C)Cc2c(Oc3cc(F)c(C(=O)N4CCC4)c(F)c3)cc(C(=O)O)cc2O1. The molecule has 2 aromatic rings. The maximum Gasteiger partial charge on any atom is 0.335 e. The van der Waals surface area contributed by atoms with Gasteiger partial charge in [0.25, 0.3) is 5.91 Å². The van der Waals surface area contributed by atoms with E-state index < -0.39 is 34.7 Å². The molecule has 0 radical (unpaired) electrons. The van der Waals surface area contributed by atoms with Crippen LogP contribution in [0.1, 0.15) is 46.5 Å². The smallest absolute Gasteiger partial charge is 0.335 e. The summed E-state index contributed by atoms with van der Waals surface area (Å²) in [7, 11) is 0. The molecular weight excluding hydrogens is 384 g/mol. The maximum atomic E-state index is 14.5. The molecule has 1 fully saturated rings. The van der Waals surface area contributed by atoms with Crippen molar-refractivity contribution in [2.45, 2.75) is 32.3 Å². The van der Waals surface area contributed by atoms with Crippen molar-refractivity contribution in [2.24, 2.45) is 0 Å². The number of fused-ring (bicyclic) bond motifs is 1. The highest BCUT2D eigenvalue weighted by atomic mass is 19.1. The normalized spacial score (nSPS) is 16.6. The van der Waals surface area contributed by atoms with Gasteiger partial charge in [0.15, 0.2) is 0 Å². The number of hydrogen-bond acceptors (Lipinski definition) is 4. The number of benzene rings is 2. The van der Waals surface area contributed by atoms with Gasteiger partial charge in [-0.1, -0.05) is 0 Å². The van der Waals surface area contributed by atoms with Crippen LogP contribution in [0.15, 0.2) is 24.3 Å². The Bertz CT molecular complexity index is 1010. The van der Waals surface area contributed by atoms with Crippen LogP contribution in [-0.4, -0.2) is 40.6 Å². The number of aromatic carboxylic acids is 1. The highest BCUT2D eigenvalue weighted by Crippen LogP contribution is 2.43. The third-order valence-electron chi connectivity index (χ3n) is 5.00. The first-order chi connectivity index (χ1) is 13.6. The van der Waals surface area contributed by atoms with Crippen LogP contribution in [-0.2, 0) is 6.42 Å². The summed E-state index contributed by atoms with van der Waals surface area (Å²) in [6.07, 6.45) is 1.24. The second kappa shape index (κ2) is 6.72. The van der Waals surface area contributed by atoms with Gasteiger partial charge in [0.2, 0.25) is 0 Å². The molecule has 2 aromatic carbocycles. The highest BCUT2D eigenvalue weighted by molar-refractivity contribution is 5.95. The molecule has 0 saturated carbocycles. The first-order valence-corrected chi connectivity index (χ1v) is 9.20. The number of carbonyl (C=O) groups is 2. The number of carboxylic acids is 1. The molecule has 6 nitrogen and oxygen atoms in total. The Kier molecular flexibility index (Phi) is 4.44. The number of hydrogen-bond donors (Lipinski definition) is 1. The number of halogens is 2. The molecule has 1 saturated heterocycles. The third-order valence-corrected chi connectivity index (χ3v) is 5.00. The molecule has 0 unspecified atom stereocenters. The van der Waals surface area contributed by atoms with Gasteiger partial charge in [0, 0.05) is 37.2 Å². The third kappa shape index (κ3) is 3.50. The van der Waals surface area contributed by atoms with Gasteiger partial charge in [-0.25, -0.2) is 13.6 Å². The Balaban J connectivity index is 1.70. The number of amides is 1. The minimum atomic E-state index is -1.18. The standard InChI is InChI=1S/C21H19F2NO5/c1-21(2)10-13-16(6-11(20(26)27)7-17(13)29-21)28-12-8-14(22)18(15(23)9-12)19(25)24-4-3-5-24/h6-9H,3-5,10H2,1-2H3,(H,26,27). The lowest BCUT2D eigenvalue weighted by molar-refractivity contribution is 0.0640. The second-order valence-electron chi connectivity index (χ2n) is 7.80. The number of likely N-dealkylation sites (tertiary alicyclic amines) is 1. The van der Waals surface area contributed by atoms with Crippen molar-refractivity contribution in [1.29, 1.82) is 0 Å². The minimum Gasteiger partial charge on any atom is -0.487 e. The van der Waals surface area contributed by atoms with Crippen molar-refractivity contribution < 1.29 is 33.0 Å². The zero-order chi connectivity index (χ0) is 20.9. The zero-order valence-corrected chi connectivity index (χ0v) is 15.9. The van der Waals surface area contributed by atoms with Crippen molar-refractivity contribution in [3.05, 3.63) is 52.6 Å². The molecule has 1 N–H and O–H groups in total. The van der Waals surface area contributed by atoms with Gasteiger partial charge in [-0.05, 0) is 32.4 Å². The van der Waals surface area contributed by atoms with Crippen LogP contribution in [0.5, 0.6) is 17.2 Å². The lowest BCUT2D eigenvalue weighted by Gasteiger charge is -2.31. The van der Waals surface area contributed by atoms with Crippen LogP contribution in [0, 0.1) is 11.6 Å². The summed E-state index contributed by atoms with van der Waals surface area (Å²) in [4.78, 5) is 25.0. The van der Waals surface area contributed by atoms with Gasteiger partial charge in [-0.15, -0.1) is 0 Å². The second-order valence-corrected chi connectivity index (χ2v) is 7.80. The molecule has 0 bridgehead atoms. The largest absolute Gasteiger partial charge is 0.487 e. The summed E-state index contributed by atoms with van der Waals surface area (Å²) in [5.74, 6) is -3.60. The summed E-state index contributed by atoms with van der Waals surface area (Å²) < 4.78 is 40.4. The predicted octanol–water partition coefficient (Wildman–Crippen LogP) is 4.01. The van der Waals surface area contributed by atoms with Gasteiger partial charge >= 0.3 is 5.97 Å². The fourth-order valence-electron chi connectivity index (χ4n) is 3.48. The molecular formula is C21H19F2NO5. The zero-order valence-electron chi connectivity index (χ0n) is 15.9. The van der Waals surface area contributed by atoms with E-state index in [9.17, 15) is 23.5 Å². The summed E-state index contributed by atoms with van der Waals surface area (Å²) in [5, 5.41) is 9.33. The average molecular weight is 403 g/mol. The summed E-state index contributed by atoms with van der Waals surface area (Å²) in [5.41, 5.74) is -0.642. The molecule has 2 heterocycles. The predicted molar refractivity (Wildman–Crippen MR) is 98.8 cm³/mol. The number of ether oxygens (including phenoxy) is 2. The Morgan fingerprint density at radius 2 is 1.79 bits per heavy atom. The lowest BCUT2D eigenvalue weighted by atomic mass is 10.00. The van der Waals surface area contributed by atoms with Crippen LogP contribution >= 0.6 is 0 Å². The molecule has 2 aliphatic heterocycles. The van der Waals surface area contributed by atoms with E-state index >= 15 is 0 Å². The molecule has 4 rings (SSSR count). The summed E-state index contributed by atoms with van der Waals surface area (Å²) in [6, 6.07) is 4.55. The van der Waals surface area contributed by atoms with Crippen LogP contribution in [0.4, 0.5) is 8.78 Å². The van der Waals surface area contributed by atoms with E-state index in [4.69, 9.17) is 9.47 Å². The Labute approximate surface area is 165 Å². The Morgan fingerprint density at radius 1 is 1.14 bits per heavy atom. The Hall–Kier alpha value is -3.16. The van der Waals surface area contributed by atoms with E-state index in [1.165, 1.54) is 17.0 Å². The van der Waals surface area contributed by atoms with Crippen LogP contribution < -0.4 is 9.47 Å². The number of rotatable bonds is 4. The molecule has 29 heavy (non-hydrogen) atoms. The quantitative estimate of drug-likeness (QED) is 0.835. The van der Waals surface area contributed by atoms with Crippen molar-refractivity contribution in [2.75, 3.05) is 13.1 Å². The number of nitrogens with zero attached hydrogens (tertiary/aromatic N) is 1. The first kappa shape index (κ1) is 19.2. The summed E-state index contributed by atoms with van der Waals surface area (Å²) in [6.45, 7) is 4.62. The minimum absolute atomic E-state index is 0.0676. The monoisotopic (exact) mass is 403 g/mol. The lowest BCUT2D eigenvalue weighted by Crippen LogP contribution is -2.42. The average Bonchev–Trinajstić information content (AvgIpc) is 2.86. The molecule has 1 amide bonds. The molecule has 2 aliphatic rings. The fourth-order valence-corrected chi connectivity index (χ4v) is 3.48. The summed E-state index contributed by atoms with van der Waals surface area (Å²) >= 11 is 0. The maximum absolute atomic E-state index is 14.5. The topological polar surface area (TPSA) is 76.1 Å². The van der Waals surface area contributed by atoms with Crippen molar-refractivity contribution in [3.8, 4) is 17.2 Å². The molecule has 0 aromatic heterocycles. The van der Waals surface area contributed by atoms with Crippen molar-refractivity contribution in [3.63, 3.8) is 0 Å². The van der Waals surface area contributed by atoms with E-state index in [1.54, 1.807) is 0 Å². The van der Waals surface area contributed by atoms with Gasteiger partial charge in [0.05, 0.1) is 5.56 Å². The van der Waals surface area contributed by atoms with Crippen molar-refractivity contribution in [1.82, 2.24) is 4.90 Å². The van der Waals surface area contributed by atoms with Gasteiger partial charge in [0.1, 0.15) is 40.0 Å².